The molecule has 3 heterocycles. The Kier molecular flexibility index (Phi) is 4.16. The number of rotatable bonds is 4. The van der Waals surface area contributed by atoms with Gasteiger partial charge in [0.05, 0.1) is 6.20 Å². The second kappa shape index (κ2) is 6.81. The molecule has 1 fully saturated rings. The van der Waals surface area contributed by atoms with E-state index in [0.29, 0.717) is 23.0 Å². The maximum atomic E-state index is 12.6. The van der Waals surface area contributed by atoms with Gasteiger partial charge in [0.1, 0.15) is 5.52 Å². The molecule has 0 bridgehead atoms. The molecule has 2 aromatic heterocycles. The van der Waals surface area contributed by atoms with Gasteiger partial charge in [-0.15, -0.1) is 0 Å². The lowest BCUT2D eigenvalue weighted by atomic mass is 9.88. The predicted octanol–water partition coefficient (Wildman–Crippen LogP) is 1.87. The number of nitrogens with zero attached hydrogens (tertiary/aromatic N) is 3. The molecule has 27 heavy (non-hydrogen) atoms. The molecule has 2 aliphatic rings. The summed E-state index contributed by atoms with van der Waals surface area (Å²) in [5.41, 5.74) is 4.03. The summed E-state index contributed by atoms with van der Waals surface area (Å²) < 4.78 is 1.83. The van der Waals surface area contributed by atoms with Crippen LogP contribution in [0.5, 0.6) is 0 Å². The summed E-state index contributed by atoms with van der Waals surface area (Å²) in [4.78, 5) is 24.6. The van der Waals surface area contributed by atoms with Gasteiger partial charge in [0.15, 0.2) is 5.65 Å². The number of aryl methyl sites for hydroxylation is 1. The maximum Gasteiger partial charge on any atom is 0.327 e. The Morgan fingerprint density at radius 3 is 2.96 bits per heavy atom. The Hall–Kier alpha value is -2.67. The van der Waals surface area contributed by atoms with Crippen molar-refractivity contribution in [2.45, 2.75) is 31.7 Å². The zero-order chi connectivity index (χ0) is 18.2. The van der Waals surface area contributed by atoms with Crippen molar-refractivity contribution in [1.82, 2.24) is 24.8 Å². The molecule has 1 unspecified atom stereocenters. The molecule has 1 saturated heterocycles. The van der Waals surface area contributed by atoms with Crippen molar-refractivity contribution in [3.05, 3.63) is 52.1 Å². The van der Waals surface area contributed by atoms with Gasteiger partial charge < -0.3 is 15.6 Å². The predicted molar refractivity (Wildman–Crippen MR) is 105 cm³/mol. The van der Waals surface area contributed by atoms with Crippen molar-refractivity contribution in [2.24, 2.45) is 5.92 Å². The lowest BCUT2D eigenvalue weighted by molar-refractivity contribution is 0.440. The number of fused-ring (bicyclic) bond motifs is 2. The van der Waals surface area contributed by atoms with Gasteiger partial charge in [0.2, 0.25) is 5.95 Å². The molecule has 3 N–H and O–H groups in total. The van der Waals surface area contributed by atoms with E-state index in [2.05, 4.69) is 49.9 Å². The van der Waals surface area contributed by atoms with Crippen LogP contribution in [-0.4, -0.2) is 39.2 Å². The standard InChI is InChI=1S/C20H24N6O/c27-20-24-17-12-23-19(22-11-13-7-8-21-10-13)25-18(17)26(20)16-6-5-14-3-1-2-4-15(14)9-16/h1-4,12-13,16,21H,5-11H2,(H,24,27)(H,22,23,25)/t13-,16?/m1/s1. The Bertz CT molecular complexity index is 1020. The Morgan fingerprint density at radius 1 is 1.22 bits per heavy atom. The van der Waals surface area contributed by atoms with Gasteiger partial charge in [0.25, 0.3) is 0 Å². The average molecular weight is 364 g/mol. The van der Waals surface area contributed by atoms with Crippen molar-refractivity contribution in [3.63, 3.8) is 0 Å². The van der Waals surface area contributed by atoms with Gasteiger partial charge in [-0.05, 0) is 55.8 Å². The van der Waals surface area contributed by atoms with Crippen molar-refractivity contribution < 1.29 is 0 Å². The number of hydrogen-bond acceptors (Lipinski definition) is 5. The lowest BCUT2D eigenvalue weighted by Crippen LogP contribution is -2.27. The van der Waals surface area contributed by atoms with Crippen LogP contribution in [0.25, 0.3) is 11.2 Å². The molecule has 0 spiro atoms. The minimum absolute atomic E-state index is 0.0965. The molecular formula is C20H24N6O. The maximum absolute atomic E-state index is 12.6. The Morgan fingerprint density at radius 2 is 2.11 bits per heavy atom. The van der Waals surface area contributed by atoms with Gasteiger partial charge in [-0.25, -0.2) is 9.78 Å². The van der Waals surface area contributed by atoms with E-state index in [-0.39, 0.29) is 11.7 Å². The van der Waals surface area contributed by atoms with E-state index in [1.54, 1.807) is 6.20 Å². The van der Waals surface area contributed by atoms with Crippen molar-refractivity contribution in [1.29, 1.82) is 0 Å². The highest BCUT2D eigenvalue weighted by Gasteiger charge is 2.24. The van der Waals surface area contributed by atoms with Crippen molar-refractivity contribution >= 4 is 17.1 Å². The largest absolute Gasteiger partial charge is 0.354 e. The lowest BCUT2D eigenvalue weighted by Gasteiger charge is -2.25. The van der Waals surface area contributed by atoms with Crippen LogP contribution in [0.2, 0.25) is 0 Å². The molecule has 0 saturated carbocycles. The van der Waals surface area contributed by atoms with Crippen LogP contribution in [0.3, 0.4) is 0 Å². The number of anilines is 1. The van der Waals surface area contributed by atoms with Crippen LogP contribution in [0.4, 0.5) is 5.95 Å². The fourth-order valence-corrected chi connectivity index (χ4v) is 4.36. The van der Waals surface area contributed by atoms with E-state index in [1.165, 1.54) is 17.5 Å². The molecule has 1 aliphatic heterocycles. The number of hydrogen-bond donors (Lipinski definition) is 3. The summed E-state index contributed by atoms with van der Waals surface area (Å²) in [6, 6.07) is 8.64. The number of benzene rings is 1. The molecule has 0 radical (unpaired) electrons. The zero-order valence-corrected chi connectivity index (χ0v) is 15.2. The SMILES string of the molecule is O=c1[nH]c2cnc(NC[C@@H]3CCNC3)nc2n1C1CCc2ccccc2C1. The van der Waals surface area contributed by atoms with Crippen LogP contribution in [-0.2, 0) is 12.8 Å². The fourth-order valence-electron chi connectivity index (χ4n) is 4.36. The minimum Gasteiger partial charge on any atom is -0.354 e. The summed E-state index contributed by atoms with van der Waals surface area (Å²) >= 11 is 0. The van der Waals surface area contributed by atoms with Crippen LogP contribution in [0.15, 0.2) is 35.3 Å². The second-order valence-electron chi connectivity index (χ2n) is 7.64. The van der Waals surface area contributed by atoms with E-state index >= 15 is 0 Å². The third kappa shape index (κ3) is 3.12. The van der Waals surface area contributed by atoms with Crippen LogP contribution in [0.1, 0.15) is 30.0 Å². The van der Waals surface area contributed by atoms with E-state index in [9.17, 15) is 4.79 Å². The van der Waals surface area contributed by atoms with Crippen LogP contribution < -0.4 is 16.3 Å². The first-order chi connectivity index (χ1) is 13.3. The number of aromatic amines is 1. The van der Waals surface area contributed by atoms with Crippen LogP contribution >= 0.6 is 0 Å². The van der Waals surface area contributed by atoms with Gasteiger partial charge >= 0.3 is 5.69 Å². The van der Waals surface area contributed by atoms with Crippen molar-refractivity contribution in [3.8, 4) is 0 Å². The second-order valence-corrected chi connectivity index (χ2v) is 7.64. The van der Waals surface area contributed by atoms with Gasteiger partial charge in [0, 0.05) is 12.6 Å². The molecule has 1 aromatic carbocycles. The molecule has 5 rings (SSSR count). The minimum atomic E-state index is -0.0965. The highest BCUT2D eigenvalue weighted by atomic mass is 16.1. The molecule has 140 valence electrons. The summed E-state index contributed by atoms with van der Waals surface area (Å²) in [7, 11) is 0. The highest BCUT2D eigenvalue weighted by molar-refractivity contribution is 5.71. The van der Waals surface area contributed by atoms with Crippen molar-refractivity contribution in [2.75, 3.05) is 25.0 Å². The first-order valence-electron chi connectivity index (χ1n) is 9.76. The number of nitrogens with one attached hydrogen (secondary N) is 3. The Labute approximate surface area is 157 Å². The first-order valence-corrected chi connectivity index (χ1v) is 9.76. The van der Waals surface area contributed by atoms with E-state index in [1.807, 2.05) is 4.57 Å². The third-order valence-electron chi connectivity index (χ3n) is 5.85. The highest BCUT2D eigenvalue weighted by Crippen LogP contribution is 2.29. The molecule has 0 amide bonds. The van der Waals surface area contributed by atoms with E-state index in [0.717, 1.165) is 38.9 Å². The smallest absolute Gasteiger partial charge is 0.327 e. The van der Waals surface area contributed by atoms with E-state index in [4.69, 9.17) is 0 Å². The molecular weight excluding hydrogens is 340 g/mol. The van der Waals surface area contributed by atoms with Gasteiger partial charge in [-0.3, -0.25) is 4.57 Å². The average Bonchev–Trinajstić information content (AvgIpc) is 3.32. The number of aromatic nitrogens is 4. The molecule has 7 nitrogen and oxygen atoms in total. The molecule has 3 aromatic rings. The normalized spacial score (nSPS) is 22.1. The van der Waals surface area contributed by atoms with E-state index < -0.39 is 0 Å². The molecule has 1 aliphatic carbocycles. The van der Waals surface area contributed by atoms with Crippen LogP contribution in [0, 0.1) is 5.92 Å². The quantitative estimate of drug-likeness (QED) is 0.658. The number of imidazole rings is 1. The Balaban J connectivity index is 1.44. The topological polar surface area (TPSA) is 87.6 Å². The first kappa shape index (κ1) is 16.5. The molecule has 7 heteroatoms. The zero-order valence-electron chi connectivity index (χ0n) is 15.2. The number of H-pyrrole nitrogens is 1. The molecule has 2 atom stereocenters. The monoisotopic (exact) mass is 364 g/mol. The fraction of sp³-hybridized carbons (Fsp3) is 0.450. The summed E-state index contributed by atoms with van der Waals surface area (Å²) in [6.45, 7) is 2.96. The summed E-state index contributed by atoms with van der Waals surface area (Å²) in [6.07, 6.45) is 5.69. The third-order valence-corrected chi connectivity index (χ3v) is 5.85. The summed E-state index contributed by atoms with van der Waals surface area (Å²) in [5.74, 6) is 1.20. The van der Waals surface area contributed by atoms with Gasteiger partial charge in [-0.1, -0.05) is 24.3 Å². The summed E-state index contributed by atoms with van der Waals surface area (Å²) in [5, 5.41) is 6.71. The van der Waals surface area contributed by atoms with Gasteiger partial charge in [-0.2, -0.15) is 4.98 Å².